The first kappa shape index (κ1) is 17.3. The van der Waals surface area contributed by atoms with E-state index in [1.165, 1.54) is 11.1 Å². The van der Waals surface area contributed by atoms with Gasteiger partial charge in [-0.3, -0.25) is 9.48 Å². The molecule has 1 N–H and O–H groups in total. The van der Waals surface area contributed by atoms with Crippen LogP contribution in [-0.4, -0.2) is 20.0 Å². The van der Waals surface area contributed by atoms with Crippen LogP contribution in [0.25, 0.3) is 0 Å². The monoisotopic (exact) mass is 365 g/mol. The van der Waals surface area contributed by atoms with Gasteiger partial charge in [-0.25, -0.2) is 0 Å². The summed E-state index contributed by atoms with van der Waals surface area (Å²) >= 11 is 12.2. The Labute approximate surface area is 152 Å². The number of nitrogens with zero attached hydrogens (tertiary/aromatic N) is 2. The second kappa shape index (κ2) is 5.78. The third kappa shape index (κ3) is 2.82. The van der Waals surface area contributed by atoms with Gasteiger partial charge in [0.25, 0.3) is 0 Å². The number of carbonyl (C=O) groups is 1. The maximum atomic E-state index is 12.5. The highest BCUT2D eigenvalue weighted by molar-refractivity contribution is 6.53. The highest BCUT2D eigenvalue weighted by Crippen LogP contribution is 2.64. The molecule has 128 valence electrons. The molecule has 0 spiro atoms. The van der Waals surface area contributed by atoms with E-state index in [-0.39, 0.29) is 5.91 Å². The average molecular weight is 366 g/mol. The van der Waals surface area contributed by atoms with Crippen LogP contribution in [0.1, 0.15) is 35.9 Å². The van der Waals surface area contributed by atoms with Gasteiger partial charge in [0.05, 0.1) is 29.0 Å². The fourth-order valence-electron chi connectivity index (χ4n) is 2.88. The van der Waals surface area contributed by atoms with Gasteiger partial charge in [0.2, 0.25) is 5.91 Å². The summed E-state index contributed by atoms with van der Waals surface area (Å²) in [6.45, 7) is 8.38. The molecular formula is C18H21Cl2N3O. The lowest BCUT2D eigenvalue weighted by Crippen LogP contribution is -2.26. The molecule has 1 fully saturated rings. The van der Waals surface area contributed by atoms with Crippen molar-refractivity contribution in [2.24, 2.45) is 5.41 Å². The number of hydrogen-bond acceptors (Lipinski definition) is 2. The molecule has 1 aliphatic rings. The van der Waals surface area contributed by atoms with Crippen molar-refractivity contribution in [2.45, 2.75) is 45.0 Å². The Morgan fingerprint density at radius 2 is 1.92 bits per heavy atom. The van der Waals surface area contributed by atoms with Crippen LogP contribution in [0.15, 0.2) is 24.3 Å². The second-order valence-corrected chi connectivity index (χ2v) is 8.28. The minimum absolute atomic E-state index is 0.158. The number of nitrogens with one attached hydrogen (secondary N) is 1. The van der Waals surface area contributed by atoms with Crippen LogP contribution >= 0.6 is 23.2 Å². The fourth-order valence-corrected chi connectivity index (χ4v) is 3.58. The summed E-state index contributed by atoms with van der Waals surface area (Å²) in [5, 5.41) is 7.54. The largest absolute Gasteiger partial charge is 0.322 e. The summed E-state index contributed by atoms with van der Waals surface area (Å²) in [6.07, 6.45) is 0.463. The van der Waals surface area contributed by atoms with Gasteiger partial charge in [-0.1, -0.05) is 24.3 Å². The van der Waals surface area contributed by atoms with Crippen LogP contribution in [0.3, 0.4) is 0 Å². The van der Waals surface area contributed by atoms with Gasteiger partial charge in [0, 0.05) is 0 Å². The van der Waals surface area contributed by atoms with Crippen molar-refractivity contribution in [3.63, 3.8) is 0 Å². The van der Waals surface area contributed by atoms with Crippen molar-refractivity contribution < 1.29 is 4.79 Å². The summed E-state index contributed by atoms with van der Waals surface area (Å²) in [5.74, 6) is -0.158. The summed E-state index contributed by atoms with van der Waals surface area (Å²) in [5.41, 5.74) is 4.13. The van der Waals surface area contributed by atoms with Crippen LogP contribution in [0.5, 0.6) is 0 Å². The van der Waals surface area contributed by atoms with E-state index in [0.29, 0.717) is 13.0 Å². The first-order chi connectivity index (χ1) is 11.2. The Kier molecular flexibility index (Phi) is 4.17. The molecule has 0 bridgehead atoms. The Bertz CT molecular complexity index is 813. The topological polar surface area (TPSA) is 46.9 Å². The maximum Gasteiger partial charge on any atom is 0.233 e. The van der Waals surface area contributed by atoms with Crippen LogP contribution in [0.2, 0.25) is 0 Å². The average Bonchev–Trinajstić information content (AvgIpc) is 2.93. The molecule has 1 aromatic heterocycles. The number of halogens is 2. The zero-order valence-corrected chi connectivity index (χ0v) is 15.8. The van der Waals surface area contributed by atoms with E-state index >= 15 is 0 Å². The number of hydrogen-bond donors (Lipinski definition) is 1. The molecule has 0 radical (unpaired) electrons. The quantitative estimate of drug-likeness (QED) is 0.817. The number of aryl methyl sites for hydroxylation is 2. The molecule has 1 amide bonds. The van der Waals surface area contributed by atoms with E-state index in [0.717, 1.165) is 17.1 Å². The lowest BCUT2D eigenvalue weighted by atomic mass is 10.1. The van der Waals surface area contributed by atoms with Gasteiger partial charge in [0.15, 0.2) is 0 Å². The minimum Gasteiger partial charge on any atom is -0.322 e. The lowest BCUT2D eigenvalue weighted by molar-refractivity contribution is -0.120. The predicted molar refractivity (Wildman–Crippen MR) is 97.8 cm³/mol. The zero-order chi connectivity index (χ0) is 17.7. The van der Waals surface area contributed by atoms with E-state index < -0.39 is 9.75 Å². The van der Waals surface area contributed by atoms with Gasteiger partial charge in [-0.2, -0.15) is 5.10 Å². The molecule has 24 heavy (non-hydrogen) atoms. The highest BCUT2D eigenvalue weighted by Gasteiger charge is 2.68. The van der Waals surface area contributed by atoms with E-state index in [9.17, 15) is 4.79 Å². The summed E-state index contributed by atoms with van der Waals surface area (Å²) < 4.78 is 0.938. The van der Waals surface area contributed by atoms with Crippen molar-refractivity contribution in [1.82, 2.24) is 9.78 Å². The van der Waals surface area contributed by atoms with Crippen molar-refractivity contribution in [1.29, 1.82) is 0 Å². The SMILES string of the molecule is Cc1ccccc1Cn1nc(C)c(NC(=O)[C@]2(C)CC2(Cl)Cl)c1C. The molecule has 3 rings (SSSR count). The number of alkyl halides is 2. The van der Waals surface area contributed by atoms with Crippen molar-refractivity contribution in [2.75, 3.05) is 5.32 Å². The molecule has 1 aliphatic carbocycles. The molecule has 6 heteroatoms. The first-order valence-electron chi connectivity index (χ1n) is 7.93. The number of amides is 1. The molecule has 0 saturated heterocycles. The molecule has 4 nitrogen and oxygen atoms in total. The number of aromatic nitrogens is 2. The molecular weight excluding hydrogens is 345 g/mol. The standard InChI is InChI=1S/C18H21Cl2N3O/c1-11-7-5-6-8-14(11)9-23-13(3)15(12(2)22-23)21-16(24)17(4)10-18(17,19)20/h5-8H,9-10H2,1-4H3,(H,21,24)/t17-/m0/s1. The van der Waals surface area contributed by atoms with Gasteiger partial charge in [-0.05, 0) is 45.2 Å². The minimum atomic E-state index is -0.976. The molecule has 1 saturated carbocycles. The number of rotatable bonds is 4. The van der Waals surface area contributed by atoms with Gasteiger partial charge >= 0.3 is 0 Å². The Balaban J connectivity index is 1.83. The van der Waals surface area contributed by atoms with E-state index in [2.05, 4.69) is 29.5 Å². The Morgan fingerprint density at radius 1 is 1.29 bits per heavy atom. The van der Waals surface area contributed by atoms with Crippen LogP contribution in [0.4, 0.5) is 5.69 Å². The summed E-state index contributed by atoms with van der Waals surface area (Å²) in [7, 11) is 0. The number of anilines is 1. The molecule has 0 aliphatic heterocycles. The van der Waals surface area contributed by atoms with Crippen molar-refractivity contribution >= 4 is 34.8 Å². The van der Waals surface area contributed by atoms with Gasteiger partial charge in [-0.15, -0.1) is 23.2 Å². The summed E-state index contributed by atoms with van der Waals surface area (Å²) in [4.78, 5) is 12.5. The van der Waals surface area contributed by atoms with Gasteiger partial charge < -0.3 is 5.32 Å². The third-order valence-electron chi connectivity index (χ3n) is 4.96. The second-order valence-electron chi connectivity index (χ2n) is 6.80. The van der Waals surface area contributed by atoms with Crippen LogP contribution in [-0.2, 0) is 11.3 Å². The van der Waals surface area contributed by atoms with E-state index in [4.69, 9.17) is 23.2 Å². The van der Waals surface area contributed by atoms with Crippen LogP contribution in [0, 0.1) is 26.2 Å². The highest BCUT2D eigenvalue weighted by atomic mass is 35.5. The smallest absolute Gasteiger partial charge is 0.233 e. The molecule has 1 aromatic carbocycles. The maximum absolute atomic E-state index is 12.5. The summed E-state index contributed by atoms with van der Waals surface area (Å²) in [6, 6.07) is 8.21. The Hall–Kier alpha value is -1.52. The normalized spacial score (nSPS) is 21.6. The van der Waals surface area contributed by atoms with Crippen molar-refractivity contribution in [3.8, 4) is 0 Å². The fraction of sp³-hybridized carbons (Fsp3) is 0.444. The first-order valence-corrected chi connectivity index (χ1v) is 8.69. The Morgan fingerprint density at radius 3 is 2.50 bits per heavy atom. The lowest BCUT2D eigenvalue weighted by Gasteiger charge is -2.13. The molecule has 0 unspecified atom stereocenters. The van der Waals surface area contributed by atoms with E-state index in [1.807, 2.05) is 30.7 Å². The van der Waals surface area contributed by atoms with Crippen LogP contribution < -0.4 is 5.32 Å². The van der Waals surface area contributed by atoms with E-state index in [1.54, 1.807) is 6.92 Å². The predicted octanol–water partition coefficient (Wildman–Crippen LogP) is 4.38. The number of benzene rings is 1. The molecule has 1 heterocycles. The third-order valence-corrected chi connectivity index (χ3v) is 6.06. The zero-order valence-electron chi connectivity index (χ0n) is 14.3. The van der Waals surface area contributed by atoms with Gasteiger partial charge in [0.1, 0.15) is 4.33 Å². The molecule has 1 atom stereocenters. The number of carbonyl (C=O) groups excluding carboxylic acids is 1. The molecule has 2 aromatic rings. The van der Waals surface area contributed by atoms with Crippen molar-refractivity contribution in [3.05, 3.63) is 46.8 Å².